The molecule has 0 atom stereocenters. The number of halogens is 10. The van der Waals surface area contributed by atoms with Crippen LogP contribution in [-0.2, 0) is 0 Å². The lowest BCUT2D eigenvalue weighted by Gasteiger charge is -2.32. The molecule has 0 amide bonds. The lowest BCUT2D eigenvalue weighted by atomic mass is 10.0. The summed E-state index contributed by atoms with van der Waals surface area (Å²) >= 11 is 2.35. The minimum atomic E-state index is -2.40. The molecule has 14 heteroatoms. The van der Waals surface area contributed by atoms with Crippen LogP contribution < -0.4 is 9.80 Å². The Morgan fingerprint density at radius 3 is 1.02 bits per heavy atom. The average molecular weight is 855 g/mol. The number of thiophene rings is 2. The van der Waals surface area contributed by atoms with Gasteiger partial charge in [-0.1, -0.05) is 84.9 Å². The van der Waals surface area contributed by atoms with Gasteiger partial charge in [0.2, 0.25) is 11.6 Å². The monoisotopic (exact) mass is 854 g/mol. The molecule has 0 spiro atoms. The van der Waals surface area contributed by atoms with Crippen molar-refractivity contribution in [3.8, 4) is 0 Å². The van der Waals surface area contributed by atoms with Gasteiger partial charge in [0.05, 0.1) is 32.1 Å². The molecule has 0 unspecified atom stereocenters. The van der Waals surface area contributed by atoms with Gasteiger partial charge in [0, 0.05) is 36.3 Å². The van der Waals surface area contributed by atoms with Crippen molar-refractivity contribution in [1.82, 2.24) is 0 Å². The van der Waals surface area contributed by atoms with Crippen LogP contribution in [0.3, 0.4) is 0 Å². The first-order valence-electron chi connectivity index (χ1n) is 17.9. The Morgan fingerprint density at radius 1 is 0.300 bits per heavy atom. The molecule has 2 nitrogen and oxygen atoms in total. The van der Waals surface area contributed by atoms with Crippen molar-refractivity contribution in [2.75, 3.05) is 9.80 Å². The Morgan fingerprint density at radius 2 is 0.617 bits per heavy atom. The maximum atomic E-state index is 16.3. The minimum Gasteiger partial charge on any atom is -0.303 e. The Labute approximate surface area is 340 Å². The van der Waals surface area contributed by atoms with Crippen molar-refractivity contribution in [2.24, 2.45) is 0 Å². The van der Waals surface area contributed by atoms with Gasteiger partial charge in [-0.05, 0) is 41.8 Å². The molecule has 0 saturated carbocycles. The standard InChI is InChI=1S/C46H20F10N2S2/c47-33-35(49)39(53)43(40(54)36(33)50)57(28-17-7-13-24-22-11-1-3-19-30(22)59-45(24)28)26-15-5-9-21-10-6-16-27(32(21)26)58(44-41(55)37(51)34(48)38(52)42(44)56)29-18-8-14-25-23-12-2-4-20-31(23)60-46(25)29/h1-20H. The highest BCUT2D eigenvalue weighted by Gasteiger charge is 2.36. The highest BCUT2D eigenvalue weighted by Crippen LogP contribution is 2.53. The first-order chi connectivity index (χ1) is 29.0. The smallest absolute Gasteiger partial charge is 0.200 e. The van der Waals surface area contributed by atoms with Gasteiger partial charge in [0.25, 0.3) is 0 Å². The van der Waals surface area contributed by atoms with Crippen LogP contribution >= 0.6 is 22.7 Å². The summed E-state index contributed by atoms with van der Waals surface area (Å²) in [7, 11) is 0. The van der Waals surface area contributed by atoms with E-state index >= 15 is 35.1 Å². The molecular formula is C46H20F10N2S2. The lowest BCUT2D eigenvalue weighted by Crippen LogP contribution is -2.20. The first-order valence-corrected chi connectivity index (χ1v) is 19.6. The number of hydrogen-bond donors (Lipinski definition) is 0. The van der Waals surface area contributed by atoms with Gasteiger partial charge in [0.15, 0.2) is 46.5 Å². The van der Waals surface area contributed by atoms with E-state index in [4.69, 9.17) is 0 Å². The average Bonchev–Trinajstić information content (AvgIpc) is 3.85. The summed E-state index contributed by atoms with van der Waals surface area (Å²) in [6.45, 7) is 0. The van der Waals surface area contributed by atoms with Crippen LogP contribution in [-0.4, -0.2) is 0 Å². The molecule has 2 heterocycles. The molecule has 8 aromatic carbocycles. The number of benzene rings is 8. The molecule has 0 saturated heterocycles. The SMILES string of the molecule is Fc1c(F)c(F)c(N(c2cccc3c2sc2ccccc23)c2cccc3cccc(N(c4c(F)c(F)c(F)c(F)c4F)c4cccc5c4sc4ccccc45)c23)c(F)c1F. The van der Waals surface area contributed by atoms with Crippen LogP contribution in [0.15, 0.2) is 121 Å². The van der Waals surface area contributed by atoms with Crippen LogP contribution in [0.4, 0.5) is 78.0 Å². The summed E-state index contributed by atoms with van der Waals surface area (Å²) in [6.07, 6.45) is 0. The summed E-state index contributed by atoms with van der Waals surface area (Å²) in [5, 5.41) is 2.67. The summed E-state index contributed by atoms with van der Waals surface area (Å²) in [5.41, 5.74) is -3.40. The zero-order valence-electron chi connectivity index (χ0n) is 30.0. The first kappa shape index (κ1) is 37.6. The van der Waals surface area contributed by atoms with Crippen LogP contribution in [0, 0.1) is 58.2 Å². The molecule has 0 bridgehead atoms. The van der Waals surface area contributed by atoms with Crippen molar-refractivity contribution < 1.29 is 43.9 Å². The second-order valence-corrected chi connectivity index (χ2v) is 15.8. The maximum absolute atomic E-state index is 16.3. The zero-order valence-corrected chi connectivity index (χ0v) is 31.7. The van der Waals surface area contributed by atoms with E-state index in [0.717, 1.165) is 30.0 Å². The fraction of sp³-hybridized carbons (Fsp3) is 0. The van der Waals surface area contributed by atoms with Gasteiger partial charge in [0.1, 0.15) is 11.4 Å². The summed E-state index contributed by atoms with van der Waals surface area (Å²) in [5.74, 6) is -22.5. The van der Waals surface area contributed by atoms with E-state index in [0.29, 0.717) is 20.2 Å². The van der Waals surface area contributed by atoms with Crippen molar-refractivity contribution in [3.05, 3.63) is 179 Å². The highest BCUT2D eigenvalue weighted by atomic mass is 32.1. The number of anilines is 6. The van der Waals surface area contributed by atoms with E-state index in [1.54, 1.807) is 60.7 Å². The molecule has 0 radical (unpaired) electrons. The molecular weight excluding hydrogens is 835 g/mol. The second kappa shape index (κ2) is 14.0. The predicted molar refractivity (Wildman–Crippen MR) is 219 cm³/mol. The van der Waals surface area contributed by atoms with Crippen LogP contribution in [0.1, 0.15) is 0 Å². The largest absolute Gasteiger partial charge is 0.303 e. The van der Waals surface area contributed by atoms with Crippen LogP contribution in [0.5, 0.6) is 0 Å². The summed E-state index contributed by atoms with van der Waals surface area (Å²) in [6, 6.07) is 32.1. The van der Waals surface area contributed by atoms with Crippen LogP contribution in [0.2, 0.25) is 0 Å². The molecule has 10 rings (SSSR count). The topological polar surface area (TPSA) is 6.48 Å². The number of rotatable bonds is 6. The molecule has 60 heavy (non-hydrogen) atoms. The highest BCUT2D eigenvalue weighted by molar-refractivity contribution is 7.26. The van der Waals surface area contributed by atoms with Gasteiger partial charge in [-0.15, -0.1) is 22.7 Å². The Kier molecular flexibility index (Phi) is 8.77. The van der Waals surface area contributed by atoms with Gasteiger partial charge in [-0.3, -0.25) is 0 Å². The quantitative estimate of drug-likeness (QED) is 0.0934. The van der Waals surface area contributed by atoms with E-state index < -0.39 is 69.5 Å². The van der Waals surface area contributed by atoms with Crippen molar-refractivity contribution >= 4 is 108 Å². The second-order valence-electron chi connectivity index (χ2n) is 13.7. The fourth-order valence-corrected chi connectivity index (χ4v) is 10.2. The molecule has 10 aromatic rings. The normalized spacial score (nSPS) is 11.8. The van der Waals surface area contributed by atoms with Crippen molar-refractivity contribution in [2.45, 2.75) is 0 Å². The van der Waals surface area contributed by atoms with E-state index in [-0.39, 0.29) is 33.5 Å². The molecule has 0 N–H and O–H groups in total. The van der Waals surface area contributed by atoms with Gasteiger partial charge in [-0.25, -0.2) is 43.9 Å². The van der Waals surface area contributed by atoms with Crippen molar-refractivity contribution in [1.29, 1.82) is 0 Å². The van der Waals surface area contributed by atoms with E-state index in [2.05, 4.69) is 0 Å². The Hall–Kier alpha value is -6.64. The molecule has 0 aliphatic carbocycles. The van der Waals surface area contributed by atoms with E-state index in [1.807, 2.05) is 0 Å². The molecule has 296 valence electrons. The molecule has 0 fully saturated rings. The molecule has 0 aliphatic heterocycles. The third-order valence-electron chi connectivity index (χ3n) is 10.4. The van der Waals surface area contributed by atoms with Gasteiger partial charge < -0.3 is 9.80 Å². The summed E-state index contributed by atoms with van der Waals surface area (Å²) in [4.78, 5) is 1.66. The zero-order chi connectivity index (χ0) is 41.7. The Bertz CT molecular complexity index is 3150. The molecule has 2 aromatic heterocycles. The van der Waals surface area contributed by atoms with Crippen molar-refractivity contribution in [3.63, 3.8) is 0 Å². The number of fused-ring (bicyclic) bond motifs is 7. The minimum absolute atomic E-state index is 0.0476. The number of hydrogen-bond acceptors (Lipinski definition) is 4. The van der Waals surface area contributed by atoms with Crippen LogP contribution in [0.25, 0.3) is 51.1 Å². The Balaban J connectivity index is 1.38. The van der Waals surface area contributed by atoms with E-state index in [1.165, 1.54) is 83.3 Å². The third-order valence-corrected chi connectivity index (χ3v) is 12.8. The fourth-order valence-electron chi connectivity index (χ4n) is 7.81. The predicted octanol–water partition coefficient (Wildman–Crippen LogP) is 15.9. The number of nitrogens with zero attached hydrogens (tertiary/aromatic N) is 2. The van der Waals surface area contributed by atoms with Gasteiger partial charge in [-0.2, -0.15) is 0 Å². The van der Waals surface area contributed by atoms with Gasteiger partial charge >= 0.3 is 0 Å². The third kappa shape index (κ3) is 5.40. The maximum Gasteiger partial charge on any atom is 0.200 e. The summed E-state index contributed by atoms with van der Waals surface area (Å²) < 4.78 is 158. The van der Waals surface area contributed by atoms with E-state index in [9.17, 15) is 8.78 Å². The molecule has 0 aliphatic rings. The lowest BCUT2D eigenvalue weighted by molar-refractivity contribution is 0.380.